The van der Waals surface area contributed by atoms with Gasteiger partial charge in [0, 0.05) is 12.6 Å². The maximum absolute atomic E-state index is 12.2. The predicted molar refractivity (Wildman–Crippen MR) is 72.1 cm³/mol. The molecule has 0 saturated carbocycles. The van der Waals surface area contributed by atoms with Gasteiger partial charge in [0.2, 0.25) is 0 Å². The lowest BCUT2D eigenvalue weighted by Gasteiger charge is -2.35. The van der Waals surface area contributed by atoms with Gasteiger partial charge in [0.1, 0.15) is 0 Å². The highest BCUT2D eigenvalue weighted by Gasteiger charge is 2.35. The molecule has 1 atom stereocenters. The molecule has 1 saturated heterocycles. The van der Waals surface area contributed by atoms with Crippen LogP contribution in [0.3, 0.4) is 0 Å². The number of carbonyl (C=O) groups excluding carboxylic acids is 1. The van der Waals surface area contributed by atoms with E-state index in [9.17, 15) is 18.0 Å². The summed E-state index contributed by atoms with van der Waals surface area (Å²) in [5.41, 5.74) is 0. The van der Waals surface area contributed by atoms with Crippen LogP contribution in [0.25, 0.3) is 0 Å². The summed E-state index contributed by atoms with van der Waals surface area (Å²) in [6.45, 7) is 0.0479. The monoisotopic (exact) mass is 302 g/mol. The summed E-state index contributed by atoms with van der Waals surface area (Å²) in [5.74, 6) is -1.50. The second-order valence-corrected chi connectivity index (χ2v) is 7.38. The minimum Gasteiger partial charge on any atom is -0.481 e. The van der Waals surface area contributed by atoms with Gasteiger partial charge in [0.25, 0.3) is 0 Å². The lowest BCUT2D eigenvalue weighted by atomic mass is 10.2. The molecule has 0 aromatic heterocycles. The molecule has 2 amide bonds. The van der Waals surface area contributed by atoms with Gasteiger partial charge in [-0.05, 0) is 12.8 Å². The zero-order valence-electron chi connectivity index (χ0n) is 11.0. The molecular weight excluding hydrogens is 284 g/mol. The summed E-state index contributed by atoms with van der Waals surface area (Å²) >= 11 is 0. The molecule has 8 heteroatoms. The van der Waals surface area contributed by atoms with Crippen molar-refractivity contribution in [1.82, 2.24) is 10.2 Å². The number of nitrogens with one attached hydrogen (secondary N) is 1. The molecule has 1 heterocycles. The van der Waals surface area contributed by atoms with E-state index in [1.807, 2.05) is 12.2 Å². The molecule has 1 unspecified atom stereocenters. The van der Waals surface area contributed by atoms with Crippen molar-refractivity contribution in [3.8, 4) is 0 Å². The van der Waals surface area contributed by atoms with Gasteiger partial charge in [0.15, 0.2) is 9.84 Å². The fraction of sp³-hybridized carbons (Fsp3) is 0.667. The lowest BCUT2D eigenvalue weighted by Crippen LogP contribution is -2.56. The van der Waals surface area contributed by atoms with E-state index >= 15 is 0 Å². The average Bonchev–Trinajstić information content (AvgIpc) is 2.79. The maximum Gasteiger partial charge on any atom is 0.317 e. The summed E-state index contributed by atoms with van der Waals surface area (Å²) in [6, 6.07) is -1.15. The Morgan fingerprint density at radius 1 is 1.30 bits per heavy atom. The predicted octanol–water partition coefficient (Wildman–Crippen LogP) is -0.0117. The Bertz CT molecular complexity index is 520. The number of carboxylic acid groups (broad SMARTS) is 1. The topological polar surface area (TPSA) is 104 Å². The number of urea groups is 1. The minimum absolute atomic E-state index is 0.0199. The van der Waals surface area contributed by atoms with E-state index in [0.717, 1.165) is 12.8 Å². The molecule has 2 N–H and O–H groups in total. The first-order valence-corrected chi connectivity index (χ1v) is 8.34. The maximum atomic E-state index is 12.2. The number of amides is 2. The number of nitrogens with zero attached hydrogens (tertiary/aromatic N) is 1. The van der Waals surface area contributed by atoms with E-state index in [1.165, 1.54) is 4.90 Å². The summed E-state index contributed by atoms with van der Waals surface area (Å²) in [7, 11) is -3.27. The number of hydrogen-bond acceptors (Lipinski definition) is 4. The third-order valence-electron chi connectivity index (χ3n) is 3.54. The molecule has 2 rings (SSSR count). The summed E-state index contributed by atoms with van der Waals surface area (Å²) in [4.78, 5) is 24.3. The second-order valence-electron chi connectivity index (χ2n) is 5.15. The number of rotatable bonds is 3. The van der Waals surface area contributed by atoms with Crippen LogP contribution in [0.2, 0.25) is 0 Å². The van der Waals surface area contributed by atoms with Crippen LogP contribution in [0.4, 0.5) is 4.79 Å². The molecule has 20 heavy (non-hydrogen) atoms. The normalized spacial score (nSPS) is 25.6. The standard InChI is InChI=1S/C12H18N2O5S/c15-11(16)7-10-8-20(18,19)6-5-14(10)12(17)13-9-3-1-2-4-9/h1-2,9-10H,3-8H2,(H,13,17)(H,15,16). The Labute approximate surface area is 117 Å². The van der Waals surface area contributed by atoms with Gasteiger partial charge < -0.3 is 15.3 Å². The highest BCUT2D eigenvalue weighted by atomic mass is 32.2. The molecule has 0 radical (unpaired) electrons. The van der Waals surface area contributed by atoms with Crippen LogP contribution in [0, 0.1) is 0 Å². The first-order chi connectivity index (χ1) is 9.37. The Morgan fingerprint density at radius 3 is 2.55 bits per heavy atom. The van der Waals surface area contributed by atoms with Crippen LogP contribution in [-0.4, -0.2) is 60.6 Å². The van der Waals surface area contributed by atoms with E-state index < -0.39 is 21.8 Å². The number of aliphatic carboxylic acids is 1. The molecule has 2 aliphatic rings. The fourth-order valence-corrected chi connectivity index (χ4v) is 4.04. The van der Waals surface area contributed by atoms with Crippen molar-refractivity contribution in [1.29, 1.82) is 0 Å². The zero-order valence-corrected chi connectivity index (χ0v) is 11.8. The molecule has 1 aliphatic heterocycles. The van der Waals surface area contributed by atoms with Crippen molar-refractivity contribution in [2.45, 2.75) is 31.3 Å². The van der Waals surface area contributed by atoms with E-state index in [0.29, 0.717) is 0 Å². The van der Waals surface area contributed by atoms with Crippen LogP contribution >= 0.6 is 0 Å². The van der Waals surface area contributed by atoms with Crippen molar-refractivity contribution in [3.05, 3.63) is 12.2 Å². The Morgan fingerprint density at radius 2 is 1.95 bits per heavy atom. The Balaban J connectivity index is 2.02. The van der Waals surface area contributed by atoms with Gasteiger partial charge in [-0.25, -0.2) is 13.2 Å². The average molecular weight is 302 g/mol. The molecular formula is C12H18N2O5S. The number of carboxylic acids is 1. The van der Waals surface area contributed by atoms with E-state index in [4.69, 9.17) is 5.11 Å². The molecule has 0 bridgehead atoms. The molecule has 0 spiro atoms. The van der Waals surface area contributed by atoms with Crippen molar-refractivity contribution < 1.29 is 23.1 Å². The number of sulfone groups is 1. The van der Waals surface area contributed by atoms with Crippen molar-refractivity contribution in [3.63, 3.8) is 0 Å². The van der Waals surface area contributed by atoms with Crippen molar-refractivity contribution >= 4 is 21.8 Å². The van der Waals surface area contributed by atoms with Crippen molar-refractivity contribution in [2.24, 2.45) is 0 Å². The summed E-state index contributed by atoms with van der Waals surface area (Å²) in [5, 5.41) is 11.7. The summed E-state index contributed by atoms with van der Waals surface area (Å²) in [6.07, 6.45) is 5.10. The SMILES string of the molecule is O=C(O)CC1CS(=O)(=O)CCN1C(=O)NC1CC=CC1. The molecule has 0 aromatic rings. The molecule has 0 aromatic carbocycles. The van der Waals surface area contributed by atoms with E-state index in [2.05, 4.69) is 5.32 Å². The Hall–Kier alpha value is -1.57. The molecule has 1 aliphatic carbocycles. The van der Waals surface area contributed by atoms with Crippen LogP contribution in [0.5, 0.6) is 0 Å². The van der Waals surface area contributed by atoms with Gasteiger partial charge in [-0.3, -0.25) is 4.79 Å². The van der Waals surface area contributed by atoms with E-state index in [-0.39, 0.29) is 36.5 Å². The van der Waals surface area contributed by atoms with Crippen LogP contribution in [-0.2, 0) is 14.6 Å². The number of hydrogen-bond donors (Lipinski definition) is 2. The van der Waals surface area contributed by atoms with Crippen molar-refractivity contribution in [2.75, 3.05) is 18.1 Å². The smallest absolute Gasteiger partial charge is 0.317 e. The zero-order chi connectivity index (χ0) is 14.8. The van der Waals surface area contributed by atoms with E-state index in [1.54, 1.807) is 0 Å². The highest BCUT2D eigenvalue weighted by Crippen LogP contribution is 2.17. The fourth-order valence-electron chi connectivity index (χ4n) is 2.52. The molecule has 112 valence electrons. The third kappa shape index (κ3) is 3.72. The second kappa shape index (κ2) is 5.82. The van der Waals surface area contributed by atoms with Gasteiger partial charge in [-0.2, -0.15) is 0 Å². The quantitative estimate of drug-likeness (QED) is 0.714. The van der Waals surface area contributed by atoms with Gasteiger partial charge in [0.05, 0.1) is 24.0 Å². The molecule has 7 nitrogen and oxygen atoms in total. The van der Waals surface area contributed by atoms with Gasteiger partial charge in [-0.15, -0.1) is 0 Å². The first-order valence-electron chi connectivity index (χ1n) is 6.52. The van der Waals surface area contributed by atoms with Crippen LogP contribution in [0.15, 0.2) is 12.2 Å². The van der Waals surface area contributed by atoms with Crippen LogP contribution < -0.4 is 5.32 Å². The summed E-state index contributed by atoms with van der Waals surface area (Å²) < 4.78 is 23.2. The van der Waals surface area contributed by atoms with Crippen LogP contribution in [0.1, 0.15) is 19.3 Å². The Kier molecular flexibility index (Phi) is 4.32. The van der Waals surface area contributed by atoms with Gasteiger partial charge >= 0.3 is 12.0 Å². The minimum atomic E-state index is -3.27. The highest BCUT2D eigenvalue weighted by molar-refractivity contribution is 7.91. The third-order valence-corrected chi connectivity index (χ3v) is 5.23. The lowest BCUT2D eigenvalue weighted by molar-refractivity contribution is -0.138. The molecule has 1 fully saturated rings. The number of carbonyl (C=O) groups is 2. The first kappa shape index (κ1) is 14.8. The largest absolute Gasteiger partial charge is 0.481 e. The van der Waals surface area contributed by atoms with Gasteiger partial charge in [-0.1, -0.05) is 12.2 Å².